The van der Waals surface area contributed by atoms with Gasteiger partial charge in [-0.3, -0.25) is 9.59 Å². The average molecular weight is 850 g/mol. The van der Waals surface area contributed by atoms with Gasteiger partial charge in [0.25, 0.3) is 0 Å². The Kier molecular flexibility index (Phi) is 17.3. The normalized spacial score (nSPS) is 18.4. The maximum Gasteiger partial charge on any atom is 0.410 e. The molecule has 2 aromatic rings. The van der Waals surface area contributed by atoms with Crippen LogP contribution in [-0.4, -0.2) is 102 Å². The van der Waals surface area contributed by atoms with Crippen molar-refractivity contribution in [3.05, 3.63) is 70.8 Å². The molecule has 2 aliphatic heterocycles. The van der Waals surface area contributed by atoms with Crippen LogP contribution in [0, 0.1) is 23.7 Å². The minimum atomic E-state index is -0.621. The molecular weight excluding hydrogens is 775 g/mol. The summed E-state index contributed by atoms with van der Waals surface area (Å²) in [7, 11) is 0. The van der Waals surface area contributed by atoms with Gasteiger partial charge in [-0.2, -0.15) is 0 Å². The van der Waals surface area contributed by atoms with E-state index in [0.29, 0.717) is 71.6 Å². The quantitative estimate of drug-likeness (QED) is 0.0996. The lowest BCUT2D eigenvalue weighted by Crippen LogP contribution is -2.38. The minimum Gasteiger partial charge on any atom is -0.460 e. The van der Waals surface area contributed by atoms with Gasteiger partial charge in [0, 0.05) is 32.7 Å². The second-order valence-corrected chi connectivity index (χ2v) is 20.8. The summed E-state index contributed by atoms with van der Waals surface area (Å²) >= 11 is 0. The summed E-state index contributed by atoms with van der Waals surface area (Å²) in [4.78, 5) is 56.1. The SMILES string of the molecule is CC(C)(C)OC(=O)[C@@H](Cc1cccc(CCNCCOCc2cccc(C[C@H](C(=O)OC(C)(C)C)[C@H]3CCN(C(=O)OC(C)(C)C)C3)c2)c1)[C@H]1CCN(C(=O)OC(C)(C)C)C1. The second-order valence-electron chi connectivity index (χ2n) is 20.8. The van der Waals surface area contributed by atoms with Crippen molar-refractivity contribution in [2.75, 3.05) is 45.9 Å². The van der Waals surface area contributed by atoms with E-state index in [4.69, 9.17) is 23.7 Å². The van der Waals surface area contributed by atoms with Crippen LogP contribution < -0.4 is 5.32 Å². The maximum absolute atomic E-state index is 13.6. The highest BCUT2D eigenvalue weighted by Gasteiger charge is 2.40. The molecule has 340 valence electrons. The van der Waals surface area contributed by atoms with Gasteiger partial charge in [0.15, 0.2) is 0 Å². The number of amides is 2. The van der Waals surface area contributed by atoms with Crippen LogP contribution >= 0.6 is 0 Å². The van der Waals surface area contributed by atoms with Gasteiger partial charge in [0.1, 0.15) is 22.4 Å². The summed E-state index contributed by atoms with van der Waals surface area (Å²) in [5, 5.41) is 3.49. The highest BCUT2D eigenvalue weighted by molar-refractivity contribution is 5.75. The zero-order chi connectivity index (χ0) is 45.2. The van der Waals surface area contributed by atoms with Crippen molar-refractivity contribution in [2.45, 2.75) is 144 Å². The fourth-order valence-electron chi connectivity index (χ4n) is 7.81. The van der Waals surface area contributed by atoms with Crippen LogP contribution in [0.15, 0.2) is 48.5 Å². The first-order valence-electron chi connectivity index (χ1n) is 22.2. The third kappa shape index (κ3) is 17.6. The van der Waals surface area contributed by atoms with Gasteiger partial charge in [-0.1, -0.05) is 48.5 Å². The topological polar surface area (TPSA) is 133 Å². The molecule has 61 heavy (non-hydrogen) atoms. The van der Waals surface area contributed by atoms with Gasteiger partial charge < -0.3 is 38.8 Å². The molecule has 2 heterocycles. The number of hydrogen-bond donors (Lipinski definition) is 1. The third-order valence-electron chi connectivity index (χ3n) is 10.5. The van der Waals surface area contributed by atoms with Crippen LogP contribution in [-0.2, 0) is 59.1 Å². The smallest absolute Gasteiger partial charge is 0.410 e. The number of rotatable bonds is 16. The minimum absolute atomic E-state index is 0.0278. The van der Waals surface area contributed by atoms with Crippen LogP contribution in [0.25, 0.3) is 0 Å². The molecule has 4 rings (SSSR count). The van der Waals surface area contributed by atoms with Gasteiger partial charge in [-0.25, -0.2) is 9.59 Å². The molecule has 0 spiro atoms. The molecule has 2 fully saturated rings. The molecular formula is C49H75N3O9. The molecule has 1 N–H and O–H groups in total. The number of likely N-dealkylation sites (tertiary alicyclic amines) is 2. The summed E-state index contributed by atoms with van der Waals surface area (Å²) in [6.07, 6.45) is 2.59. The standard InChI is InChI=1S/C49H75N3O9/c1-46(2,3)58-42(53)40(38-20-24-51(31-38)44(55)60-48(7,8)9)29-35-16-13-15-34(27-35)19-22-50-23-26-57-33-37-18-14-17-36(28-37)30-41(43(54)59-47(4,5)6)39-21-25-52(32-39)45(56)61-49(10,11)12/h13-18,27-28,38-41,50H,19-26,29-33H2,1-12H3/t38-,39-,40-,41-/m0/s1. The van der Waals surface area contributed by atoms with Crippen molar-refractivity contribution in [1.29, 1.82) is 0 Å². The van der Waals surface area contributed by atoms with Gasteiger partial charge in [0.05, 0.1) is 25.0 Å². The molecule has 2 aliphatic rings. The monoisotopic (exact) mass is 850 g/mol. The van der Waals surface area contributed by atoms with E-state index in [9.17, 15) is 19.2 Å². The van der Waals surface area contributed by atoms with Crippen LogP contribution in [0.2, 0.25) is 0 Å². The van der Waals surface area contributed by atoms with Gasteiger partial charge in [-0.05, 0) is 156 Å². The van der Waals surface area contributed by atoms with Crippen LogP contribution in [0.1, 0.15) is 118 Å². The molecule has 12 nitrogen and oxygen atoms in total. The number of ether oxygens (including phenoxy) is 5. The average Bonchev–Trinajstić information content (AvgIpc) is 3.81. The molecule has 4 atom stereocenters. The van der Waals surface area contributed by atoms with Gasteiger partial charge >= 0.3 is 24.1 Å². The number of esters is 2. The van der Waals surface area contributed by atoms with Crippen molar-refractivity contribution in [3.63, 3.8) is 0 Å². The number of carbonyl (C=O) groups is 4. The first-order chi connectivity index (χ1) is 28.3. The highest BCUT2D eigenvalue weighted by atomic mass is 16.6. The van der Waals surface area contributed by atoms with Crippen LogP contribution in [0.5, 0.6) is 0 Å². The Hall–Kier alpha value is -4.16. The van der Waals surface area contributed by atoms with E-state index in [2.05, 4.69) is 29.6 Å². The molecule has 2 amide bonds. The zero-order valence-corrected chi connectivity index (χ0v) is 39.2. The van der Waals surface area contributed by atoms with Gasteiger partial charge in [0.2, 0.25) is 0 Å². The van der Waals surface area contributed by atoms with Crippen LogP contribution in [0.3, 0.4) is 0 Å². The number of hydrogen-bond acceptors (Lipinski definition) is 10. The number of nitrogens with zero attached hydrogens (tertiary/aromatic N) is 2. The zero-order valence-electron chi connectivity index (χ0n) is 39.2. The fourth-order valence-corrected chi connectivity index (χ4v) is 7.81. The van der Waals surface area contributed by atoms with E-state index >= 15 is 0 Å². The van der Waals surface area contributed by atoms with E-state index < -0.39 is 28.3 Å². The predicted molar refractivity (Wildman–Crippen MR) is 237 cm³/mol. The van der Waals surface area contributed by atoms with Crippen molar-refractivity contribution in [3.8, 4) is 0 Å². The Morgan fingerprint density at radius 3 is 1.44 bits per heavy atom. The number of nitrogens with one attached hydrogen (secondary N) is 1. The first kappa shape index (κ1) is 49.5. The van der Waals surface area contributed by atoms with E-state index in [1.54, 1.807) is 9.80 Å². The third-order valence-corrected chi connectivity index (χ3v) is 10.5. The summed E-state index contributed by atoms with van der Waals surface area (Å²) in [5.74, 6) is -1.33. The summed E-state index contributed by atoms with van der Waals surface area (Å²) in [5.41, 5.74) is 1.89. The Morgan fingerprint density at radius 2 is 1.00 bits per heavy atom. The van der Waals surface area contributed by atoms with Crippen molar-refractivity contribution in [2.24, 2.45) is 23.7 Å². The Morgan fingerprint density at radius 1 is 0.590 bits per heavy atom. The molecule has 0 aromatic heterocycles. The molecule has 0 saturated carbocycles. The molecule has 0 radical (unpaired) electrons. The molecule has 0 bridgehead atoms. The summed E-state index contributed by atoms with van der Waals surface area (Å²) in [6, 6.07) is 16.5. The van der Waals surface area contributed by atoms with E-state index in [1.807, 2.05) is 107 Å². The van der Waals surface area contributed by atoms with Gasteiger partial charge in [-0.15, -0.1) is 0 Å². The van der Waals surface area contributed by atoms with Crippen LogP contribution in [0.4, 0.5) is 9.59 Å². The largest absolute Gasteiger partial charge is 0.460 e. The molecule has 12 heteroatoms. The molecule has 2 aromatic carbocycles. The van der Waals surface area contributed by atoms with Crippen molar-refractivity contribution >= 4 is 24.1 Å². The molecule has 0 unspecified atom stereocenters. The number of benzene rings is 2. The first-order valence-corrected chi connectivity index (χ1v) is 22.2. The second kappa shape index (κ2) is 21.3. The van der Waals surface area contributed by atoms with E-state index in [-0.39, 0.29) is 41.9 Å². The van der Waals surface area contributed by atoms with E-state index in [0.717, 1.165) is 29.7 Å². The predicted octanol–water partition coefficient (Wildman–Crippen LogP) is 8.55. The number of carbonyl (C=O) groups excluding carboxylic acids is 4. The lowest BCUT2D eigenvalue weighted by atomic mass is 9.85. The highest BCUT2D eigenvalue weighted by Crippen LogP contribution is 2.33. The Bertz CT molecular complexity index is 1640. The molecule has 0 aliphatic carbocycles. The van der Waals surface area contributed by atoms with E-state index in [1.165, 1.54) is 5.56 Å². The Balaban J connectivity index is 1.26. The van der Waals surface area contributed by atoms with Crippen molar-refractivity contribution < 1.29 is 42.9 Å². The summed E-state index contributed by atoms with van der Waals surface area (Å²) < 4.78 is 29.0. The fraction of sp³-hybridized carbons (Fsp3) is 0.673. The lowest BCUT2D eigenvalue weighted by Gasteiger charge is -2.28. The van der Waals surface area contributed by atoms with Crippen molar-refractivity contribution in [1.82, 2.24) is 15.1 Å². The molecule has 2 saturated heterocycles. The maximum atomic E-state index is 13.6. The summed E-state index contributed by atoms with van der Waals surface area (Å²) in [6.45, 7) is 26.9. The Labute approximate surface area is 365 Å². The lowest BCUT2D eigenvalue weighted by molar-refractivity contribution is -0.163.